The van der Waals surface area contributed by atoms with Gasteiger partial charge in [0.1, 0.15) is 0 Å². The van der Waals surface area contributed by atoms with E-state index in [4.69, 9.17) is 4.52 Å². The number of carbonyl (C=O) groups excluding carboxylic acids is 2. The molecule has 9 nitrogen and oxygen atoms in total. The zero-order valence-electron chi connectivity index (χ0n) is 17.1. The predicted molar refractivity (Wildman–Crippen MR) is 120 cm³/mol. The van der Waals surface area contributed by atoms with Crippen molar-refractivity contribution in [2.45, 2.75) is 19.3 Å². The van der Waals surface area contributed by atoms with Gasteiger partial charge in [0, 0.05) is 41.5 Å². The molecule has 1 aromatic heterocycles. The van der Waals surface area contributed by atoms with Crippen molar-refractivity contribution in [1.29, 1.82) is 0 Å². The lowest BCUT2D eigenvalue weighted by Crippen LogP contribution is -2.28. The van der Waals surface area contributed by atoms with Crippen LogP contribution in [0.2, 0.25) is 0 Å². The molecule has 0 fully saturated rings. The second kappa shape index (κ2) is 10.3. The van der Waals surface area contributed by atoms with E-state index in [0.717, 1.165) is 15.6 Å². The van der Waals surface area contributed by atoms with E-state index < -0.39 is 0 Å². The highest BCUT2D eigenvalue weighted by atomic mass is 79.9. The first-order chi connectivity index (χ1) is 15.6. The second-order valence-electron chi connectivity index (χ2n) is 7.21. The van der Waals surface area contributed by atoms with Crippen molar-refractivity contribution in [1.82, 2.24) is 20.8 Å². The molecular weight excluding hydrogens is 476 g/mol. The van der Waals surface area contributed by atoms with Crippen LogP contribution in [0.3, 0.4) is 0 Å². The van der Waals surface area contributed by atoms with Crippen LogP contribution in [-0.4, -0.2) is 35.0 Å². The van der Waals surface area contributed by atoms with E-state index in [1.165, 1.54) is 0 Å². The Morgan fingerprint density at radius 2 is 1.97 bits per heavy atom. The van der Waals surface area contributed by atoms with Gasteiger partial charge in [0.25, 0.3) is 5.91 Å². The van der Waals surface area contributed by atoms with Crippen LogP contribution in [0.25, 0.3) is 11.4 Å². The first-order valence-corrected chi connectivity index (χ1v) is 11.0. The Morgan fingerprint density at radius 3 is 2.81 bits per heavy atom. The van der Waals surface area contributed by atoms with Gasteiger partial charge in [-0.05, 0) is 30.7 Å². The van der Waals surface area contributed by atoms with Crippen LogP contribution in [0.15, 0.2) is 79.2 Å². The number of fused-ring (bicyclic) bond motifs is 1. The maximum absolute atomic E-state index is 12.1. The van der Waals surface area contributed by atoms with E-state index in [-0.39, 0.29) is 24.2 Å². The molecule has 1 atom stereocenters. The molecule has 0 saturated carbocycles. The van der Waals surface area contributed by atoms with E-state index in [0.29, 0.717) is 43.5 Å². The normalized spacial score (nSPS) is 16.9. The third-order valence-corrected chi connectivity index (χ3v) is 5.45. The summed E-state index contributed by atoms with van der Waals surface area (Å²) in [7, 11) is 0. The van der Waals surface area contributed by atoms with E-state index in [1.54, 1.807) is 0 Å². The van der Waals surface area contributed by atoms with Gasteiger partial charge in [0.15, 0.2) is 5.82 Å². The minimum atomic E-state index is -0.367. The molecule has 1 unspecified atom stereocenters. The molecule has 0 saturated heterocycles. The molecule has 164 valence electrons. The van der Waals surface area contributed by atoms with Gasteiger partial charge in [-0.2, -0.15) is 4.98 Å². The number of nitrogens with one attached hydrogen (secondary N) is 2. The van der Waals surface area contributed by atoms with Crippen molar-refractivity contribution in [2.24, 2.45) is 16.1 Å². The Balaban J connectivity index is 1.16. The first-order valence-electron chi connectivity index (χ1n) is 10.2. The third kappa shape index (κ3) is 5.44. The van der Waals surface area contributed by atoms with Crippen LogP contribution in [0.1, 0.15) is 18.7 Å². The molecule has 10 heteroatoms. The van der Waals surface area contributed by atoms with Crippen LogP contribution < -0.4 is 10.6 Å². The monoisotopic (exact) mass is 496 g/mol. The summed E-state index contributed by atoms with van der Waals surface area (Å²) in [6.45, 7) is 1.11. The minimum Gasteiger partial charge on any atom is -0.368 e. The highest BCUT2D eigenvalue weighted by Gasteiger charge is 2.26. The Hall–Kier alpha value is -3.40. The Morgan fingerprint density at radius 1 is 1.12 bits per heavy atom. The van der Waals surface area contributed by atoms with Crippen molar-refractivity contribution < 1.29 is 14.1 Å². The van der Waals surface area contributed by atoms with Crippen LogP contribution >= 0.6 is 15.9 Å². The fraction of sp³-hybridized carbons (Fsp3) is 0.273. The van der Waals surface area contributed by atoms with Crippen molar-refractivity contribution in [2.75, 3.05) is 13.1 Å². The van der Waals surface area contributed by atoms with Crippen molar-refractivity contribution in [3.8, 4) is 11.4 Å². The Bertz CT molecular complexity index is 1120. The van der Waals surface area contributed by atoms with Gasteiger partial charge in [0.2, 0.25) is 17.6 Å². The summed E-state index contributed by atoms with van der Waals surface area (Å²) in [6.07, 6.45) is 8.71. The highest BCUT2D eigenvalue weighted by molar-refractivity contribution is 9.10. The molecule has 1 aliphatic heterocycles. The van der Waals surface area contributed by atoms with E-state index in [9.17, 15) is 9.59 Å². The number of halogens is 1. The number of carbonyl (C=O) groups is 2. The third-order valence-electron chi connectivity index (χ3n) is 4.92. The minimum absolute atomic E-state index is 0.0845. The molecule has 4 rings (SSSR count). The molecular formula is C22H21BrN6O3. The van der Waals surface area contributed by atoms with Gasteiger partial charge in [-0.3, -0.25) is 9.59 Å². The lowest BCUT2D eigenvalue weighted by Gasteiger charge is -2.20. The molecule has 1 aromatic carbocycles. The molecule has 2 aliphatic rings. The summed E-state index contributed by atoms with van der Waals surface area (Å²) in [5, 5.41) is 17.7. The summed E-state index contributed by atoms with van der Waals surface area (Å²) in [4.78, 5) is 28.2. The molecule has 2 aromatic rings. The zero-order valence-corrected chi connectivity index (χ0v) is 18.7. The zero-order chi connectivity index (χ0) is 22.3. The number of aryl methyl sites for hydroxylation is 1. The summed E-state index contributed by atoms with van der Waals surface area (Å²) in [5.74, 6) is 0.812. The smallest absolute Gasteiger partial charge is 0.276 e. The number of hydrogen-bond donors (Lipinski definition) is 2. The number of azo groups is 1. The average molecular weight is 497 g/mol. The summed E-state index contributed by atoms with van der Waals surface area (Å²) in [5.41, 5.74) is 1.67. The van der Waals surface area contributed by atoms with Crippen LogP contribution in [0.5, 0.6) is 0 Å². The Kier molecular flexibility index (Phi) is 7.00. The molecule has 32 heavy (non-hydrogen) atoms. The highest BCUT2D eigenvalue weighted by Crippen LogP contribution is 2.27. The molecule has 2 amide bonds. The van der Waals surface area contributed by atoms with E-state index in [2.05, 4.69) is 46.9 Å². The molecule has 2 heterocycles. The van der Waals surface area contributed by atoms with Crippen molar-refractivity contribution >= 4 is 27.7 Å². The maximum atomic E-state index is 12.1. The van der Waals surface area contributed by atoms with Gasteiger partial charge < -0.3 is 15.2 Å². The van der Waals surface area contributed by atoms with Gasteiger partial charge in [-0.25, -0.2) is 0 Å². The lowest BCUT2D eigenvalue weighted by atomic mass is 9.93. The summed E-state index contributed by atoms with van der Waals surface area (Å²) < 4.78 is 6.21. The number of benzene rings is 1. The van der Waals surface area contributed by atoms with Crippen LogP contribution in [0, 0.1) is 5.92 Å². The summed E-state index contributed by atoms with van der Waals surface area (Å²) >= 11 is 3.39. The fourth-order valence-corrected chi connectivity index (χ4v) is 3.51. The molecule has 0 bridgehead atoms. The fourth-order valence-electron chi connectivity index (χ4n) is 3.24. The van der Waals surface area contributed by atoms with Gasteiger partial charge >= 0.3 is 0 Å². The predicted octanol–water partition coefficient (Wildman–Crippen LogP) is 3.47. The van der Waals surface area contributed by atoms with Gasteiger partial charge in [0.05, 0.1) is 5.92 Å². The summed E-state index contributed by atoms with van der Waals surface area (Å²) in [6, 6.07) is 7.60. The maximum Gasteiger partial charge on any atom is 0.276 e. The van der Waals surface area contributed by atoms with E-state index >= 15 is 0 Å². The number of allylic oxidation sites excluding steroid dienone is 3. The van der Waals surface area contributed by atoms with Gasteiger partial charge in [-0.1, -0.05) is 45.4 Å². The molecule has 0 spiro atoms. The molecule has 0 radical (unpaired) electrons. The van der Waals surface area contributed by atoms with Crippen molar-refractivity contribution in [3.05, 3.63) is 70.3 Å². The first kappa shape index (κ1) is 21.8. The Labute approximate surface area is 192 Å². The van der Waals surface area contributed by atoms with Crippen LogP contribution in [0.4, 0.5) is 0 Å². The largest absolute Gasteiger partial charge is 0.368 e. The topological polar surface area (TPSA) is 122 Å². The number of aromatic nitrogens is 2. The van der Waals surface area contributed by atoms with Gasteiger partial charge in [-0.15, -0.1) is 10.2 Å². The quantitative estimate of drug-likeness (QED) is 0.512. The second-order valence-corrected chi connectivity index (χ2v) is 8.13. The average Bonchev–Trinajstić information content (AvgIpc) is 3.28. The SMILES string of the molecule is O=C(CCc1nc(-c2ccc(Br)cc2)no1)NCCCNC1=C2C=CC=CC2C(=O)N=N1. The standard InChI is InChI=1S/C22H21BrN6O3/c23-15-8-6-14(7-9-15)20-26-19(32-29-20)11-10-18(30)24-12-3-13-25-21-16-4-1-2-5-17(16)22(31)28-27-21/h1-2,4-9,17,25H,3,10-13H2,(H,24,30). The number of nitrogens with zero attached hydrogens (tertiary/aromatic N) is 4. The molecule has 2 N–H and O–H groups in total. The van der Waals surface area contributed by atoms with E-state index in [1.807, 2.05) is 48.6 Å². The number of hydrogen-bond acceptors (Lipinski definition) is 7. The van der Waals surface area contributed by atoms with Crippen LogP contribution in [-0.2, 0) is 16.0 Å². The number of amides is 2. The van der Waals surface area contributed by atoms with Crippen molar-refractivity contribution in [3.63, 3.8) is 0 Å². The lowest BCUT2D eigenvalue weighted by molar-refractivity contribution is -0.121. The molecule has 1 aliphatic carbocycles. The number of rotatable bonds is 9.